The van der Waals surface area contributed by atoms with E-state index in [0.29, 0.717) is 5.92 Å². The molecule has 3 nitrogen and oxygen atoms in total. The van der Waals surface area contributed by atoms with E-state index in [1.165, 1.54) is 24.0 Å². The molecule has 0 amide bonds. The van der Waals surface area contributed by atoms with E-state index in [1.54, 1.807) is 7.05 Å². The Morgan fingerprint density at radius 1 is 1.27 bits per heavy atom. The Morgan fingerprint density at radius 3 is 2.91 bits per heavy atom. The number of aliphatic imine (C=N–C) groups is 1. The first-order valence-electron chi connectivity index (χ1n) is 7.92. The molecule has 0 saturated heterocycles. The summed E-state index contributed by atoms with van der Waals surface area (Å²) in [5.74, 6) is 0.602. The zero-order chi connectivity index (χ0) is 15.6. The molecule has 0 saturated carbocycles. The largest absolute Gasteiger partial charge is 0.297 e. The topological polar surface area (TPSA) is 30.2 Å². The lowest BCUT2D eigenvalue weighted by Crippen LogP contribution is -2.00. The average Bonchev–Trinajstić information content (AvgIpc) is 3.01. The number of hydrogen-bond acceptors (Lipinski definition) is 2. The van der Waals surface area contributed by atoms with Crippen molar-refractivity contribution in [1.29, 1.82) is 0 Å². The van der Waals surface area contributed by atoms with E-state index in [0.717, 1.165) is 13.0 Å². The van der Waals surface area contributed by atoms with Gasteiger partial charge in [-0.1, -0.05) is 37.3 Å². The van der Waals surface area contributed by atoms with Crippen molar-refractivity contribution >= 4 is 6.21 Å². The third-order valence-electron chi connectivity index (χ3n) is 3.69. The van der Waals surface area contributed by atoms with Gasteiger partial charge in [-0.2, -0.15) is 5.10 Å². The second-order valence-electron chi connectivity index (χ2n) is 5.69. The Morgan fingerprint density at radius 2 is 2.14 bits per heavy atom. The molecule has 22 heavy (non-hydrogen) atoms. The van der Waals surface area contributed by atoms with E-state index in [9.17, 15) is 0 Å². The number of benzene rings is 1. The highest BCUT2D eigenvalue weighted by Crippen LogP contribution is 2.13. The van der Waals surface area contributed by atoms with E-state index < -0.39 is 0 Å². The quantitative estimate of drug-likeness (QED) is 0.673. The molecular formula is C19H25N3. The minimum atomic E-state index is 0.602. The van der Waals surface area contributed by atoms with Crippen molar-refractivity contribution in [2.24, 2.45) is 10.9 Å². The Kier molecular flexibility index (Phi) is 6.62. The molecule has 0 spiro atoms. The summed E-state index contributed by atoms with van der Waals surface area (Å²) in [6, 6.07) is 10.8. The van der Waals surface area contributed by atoms with Crippen LogP contribution in [0.15, 0.2) is 59.9 Å². The van der Waals surface area contributed by atoms with Crippen LogP contribution in [-0.2, 0) is 13.0 Å². The smallest absolute Gasteiger partial charge is 0.0659 e. The predicted octanol–water partition coefficient (Wildman–Crippen LogP) is 4.15. The summed E-state index contributed by atoms with van der Waals surface area (Å²) in [6.45, 7) is 3.10. The molecule has 0 fully saturated rings. The fraction of sp³-hybridized carbons (Fsp3) is 0.368. The van der Waals surface area contributed by atoms with Crippen LogP contribution in [0, 0.1) is 5.92 Å². The Labute approximate surface area is 133 Å². The molecule has 116 valence electrons. The number of allylic oxidation sites excluding steroid dienone is 2. The highest BCUT2D eigenvalue weighted by molar-refractivity contribution is 5.70. The first-order chi connectivity index (χ1) is 10.8. The molecule has 0 aliphatic heterocycles. The first-order valence-corrected chi connectivity index (χ1v) is 7.92. The molecule has 0 N–H and O–H groups in total. The fourth-order valence-corrected chi connectivity index (χ4v) is 2.51. The van der Waals surface area contributed by atoms with Gasteiger partial charge >= 0.3 is 0 Å². The highest BCUT2D eigenvalue weighted by Gasteiger charge is 2.00. The normalized spacial score (nSPS) is 13.2. The molecular weight excluding hydrogens is 270 g/mol. The van der Waals surface area contributed by atoms with Gasteiger partial charge < -0.3 is 0 Å². The van der Waals surface area contributed by atoms with Gasteiger partial charge in [-0.25, -0.2) is 0 Å². The van der Waals surface area contributed by atoms with Gasteiger partial charge in [0.05, 0.1) is 6.54 Å². The molecule has 2 aromatic rings. The zero-order valence-electron chi connectivity index (χ0n) is 13.5. The van der Waals surface area contributed by atoms with Crippen molar-refractivity contribution < 1.29 is 0 Å². The van der Waals surface area contributed by atoms with Gasteiger partial charge in [0.15, 0.2) is 0 Å². The van der Waals surface area contributed by atoms with Crippen molar-refractivity contribution in [2.75, 3.05) is 7.05 Å². The third kappa shape index (κ3) is 5.68. The Bertz CT molecular complexity index is 597. The van der Waals surface area contributed by atoms with Crippen LogP contribution >= 0.6 is 0 Å². The summed E-state index contributed by atoms with van der Waals surface area (Å²) in [6.07, 6.45) is 13.5. The van der Waals surface area contributed by atoms with Crippen LogP contribution in [0.4, 0.5) is 0 Å². The van der Waals surface area contributed by atoms with Gasteiger partial charge in [0, 0.05) is 25.7 Å². The Hall–Kier alpha value is -2.16. The van der Waals surface area contributed by atoms with Gasteiger partial charge in [0.25, 0.3) is 0 Å². The Balaban J connectivity index is 1.80. The van der Waals surface area contributed by atoms with Crippen LogP contribution < -0.4 is 0 Å². The fourth-order valence-electron chi connectivity index (χ4n) is 2.51. The van der Waals surface area contributed by atoms with Crippen LogP contribution in [-0.4, -0.2) is 23.0 Å². The van der Waals surface area contributed by atoms with Crippen LogP contribution in [0.5, 0.6) is 0 Å². The molecule has 1 unspecified atom stereocenters. The van der Waals surface area contributed by atoms with Crippen molar-refractivity contribution in [3.8, 4) is 0 Å². The van der Waals surface area contributed by atoms with Gasteiger partial charge in [-0.15, -0.1) is 0 Å². The summed E-state index contributed by atoms with van der Waals surface area (Å²) in [5, 5.41) is 4.26. The van der Waals surface area contributed by atoms with Crippen LogP contribution in [0.1, 0.15) is 30.9 Å². The maximum atomic E-state index is 4.26. The molecule has 1 aromatic carbocycles. The summed E-state index contributed by atoms with van der Waals surface area (Å²) < 4.78 is 1.96. The highest BCUT2D eigenvalue weighted by atomic mass is 15.3. The SMILES string of the molecule is CN=C/C=C\C(C)CCCc1cccc(Cn2cccn2)c1. The van der Waals surface area contributed by atoms with E-state index >= 15 is 0 Å². The first kappa shape index (κ1) is 16.2. The molecule has 3 heteroatoms. The van der Waals surface area contributed by atoms with Crippen LogP contribution in [0.2, 0.25) is 0 Å². The molecule has 1 atom stereocenters. The molecule has 1 aromatic heterocycles. The van der Waals surface area contributed by atoms with E-state index in [1.807, 2.05) is 35.4 Å². The molecule has 0 aliphatic rings. The van der Waals surface area contributed by atoms with Gasteiger partial charge in [-0.3, -0.25) is 9.67 Å². The number of nitrogens with zero attached hydrogens (tertiary/aromatic N) is 3. The van der Waals surface area contributed by atoms with Crippen molar-refractivity contribution in [3.63, 3.8) is 0 Å². The molecule has 1 heterocycles. The maximum absolute atomic E-state index is 4.26. The average molecular weight is 295 g/mol. The van der Waals surface area contributed by atoms with Crippen LogP contribution in [0.25, 0.3) is 0 Å². The van der Waals surface area contributed by atoms with Gasteiger partial charge in [0.1, 0.15) is 0 Å². The third-order valence-corrected chi connectivity index (χ3v) is 3.69. The zero-order valence-corrected chi connectivity index (χ0v) is 13.5. The maximum Gasteiger partial charge on any atom is 0.0659 e. The van der Waals surface area contributed by atoms with E-state index in [4.69, 9.17) is 0 Å². The summed E-state index contributed by atoms with van der Waals surface area (Å²) in [5.41, 5.74) is 2.73. The molecule has 0 radical (unpaired) electrons. The van der Waals surface area contributed by atoms with Crippen LogP contribution in [0.3, 0.4) is 0 Å². The number of rotatable bonds is 8. The monoisotopic (exact) mass is 295 g/mol. The lowest BCUT2D eigenvalue weighted by Gasteiger charge is -2.08. The number of aryl methyl sites for hydroxylation is 1. The standard InChI is InChI=1S/C19H25N3/c1-17(8-5-12-20-2)7-3-9-18-10-4-11-19(15-18)16-22-14-6-13-21-22/h4-6,8,10-15,17H,3,7,9,16H2,1-2H3/b8-5-,20-12?. The second kappa shape index (κ2) is 8.98. The van der Waals surface area contributed by atoms with Crippen molar-refractivity contribution in [1.82, 2.24) is 9.78 Å². The van der Waals surface area contributed by atoms with Gasteiger partial charge in [0.2, 0.25) is 0 Å². The molecule has 0 aliphatic carbocycles. The minimum absolute atomic E-state index is 0.602. The second-order valence-corrected chi connectivity index (χ2v) is 5.69. The van der Waals surface area contributed by atoms with Gasteiger partial charge in [-0.05, 0) is 48.4 Å². The predicted molar refractivity (Wildman–Crippen MR) is 93.4 cm³/mol. The van der Waals surface area contributed by atoms with Crippen molar-refractivity contribution in [3.05, 3.63) is 66.0 Å². The lowest BCUT2D eigenvalue weighted by atomic mass is 9.99. The number of hydrogen-bond donors (Lipinski definition) is 0. The van der Waals surface area contributed by atoms with E-state index in [-0.39, 0.29) is 0 Å². The minimum Gasteiger partial charge on any atom is -0.297 e. The summed E-state index contributed by atoms with van der Waals surface area (Å²) in [7, 11) is 1.80. The molecule has 0 bridgehead atoms. The molecule has 2 rings (SSSR count). The number of aromatic nitrogens is 2. The summed E-state index contributed by atoms with van der Waals surface area (Å²) >= 11 is 0. The van der Waals surface area contributed by atoms with E-state index in [2.05, 4.69) is 47.4 Å². The summed E-state index contributed by atoms with van der Waals surface area (Å²) in [4.78, 5) is 3.96. The van der Waals surface area contributed by atoms with Crippen molar-refractivity contribution in [2.45, 2.75) is 32.7 Å². The lowest BCUT2D eigenvalue weighted by molar-refractivity contribution is 0.606.